The molecule has 8 nitrogen and oxygen atoms in total. The van der Waals surface area contributed by atoms with Crippen molar-refractivity contribution >= 4 is 16.9 Å². The first kappa shape index (κ1) is 22.7. The van der Waals surface area contributed by atoms with Crippen molar-refractivity contribution in [2.24, 2.45) is 0 Å². The van der Waals surface area contributed by atoms with Gasteiger partial charge in [-0.2, -0.15) is 0 Å². The van der Waals surface area contributed by atoms with E-state index in [1.165, 1.54) is 12.3 Å². The lowest BCUT2D eigenvalue weighted by molar-refractivity contribution is 0.0695. The monoisotopic (exact) mass is 461 g/mol. The fourth-order valence-corrected chi connectivity index (χ4v) is 3.43. The van der Waals surface area contributed by atoms with Crippen molar-refractivity contribution in [1.82, 2.24) is 4.98 Å². The van der Waals surface area contributed by atoms with E-state index in [4.69, 9.17) is 18.9 Å². The topological polar surface area (TPSA) is 107 Å². The number of pyridine rings is 1. The number of carboxylic acids is 1. The molecule has 0 saturated carbocycles. The van der Waals surface area contributed by atoms with E-state index in [1.54, 1.807) is 20.3 Å². The molecule has 0 spiro atoms. The maximum absolute atomic E-state index is 12.7. The van der Waals surface area contributed by atoms with Crippen LogP contribution in [0.15, 0.2) is 71.7 Å². The average Bonchev–Trinajstić information content (AvgIpc) is 2.87. The molecule has 1 aromatic heterocycles. The molecule has 174 valence electrons. The maximum atomic E-state index is 12.7. The molecule has 0 bridgehead atoms. The van der Waals surface area contributed by atoms with E-state index < -0.39 is 11.4 Å². The van der Waals surface area contributed by atoms with Gasteiger partial charge in [0, 0.05) is 6.20 Å². The highest BCUT2D eigenvalue weighted by molar-refractivity contribution is 5.94. The Kier molecular flexibility index (Phi) is 6.68. The highest BCUT2D eigenvalue weighted by Crippen LogP contribution is 2.35. The number of benzene rings is 3. The van der Waals surface area contributed by atoms with Gasteiger partial charge in [-0.3, -0.25) is 4.79 Å². The third kappa shape index (κ3) is 4.80. The third-order valence-electron chi connectivity index (χ3n) is 5.30. The van der Waals surface area contributed by atoms with Crippen LogP contribution in [-0.4, -0.2) is 30.3 Å². The number of carbonyl (C=O) groups is 1. The molecule has 1 heterocycles. The molecule has 2 N–H and O–H groups in total. The predicted octanol–water partition coefficient (Wildman–Crippen LogP) is 4.40. The molecule has 0 aliphatic carbocycles. The summed E-state index contributed by atoms with van der Waals surface area (Å²) >= 11 is 0. The number of hydrogen-bond acceptors (Lipinski definition) is 6. The molecule has 3 aromatic carbocycles. The average molecular weight is 461 g/mol. The van der Waals surface area contributed by atoms with E-state index in [2.05, 4.69) is 4.98 Å². The van der Waals surface area contributed by atoms with Gasteiger partial charge in [-0.25, -0.2) is 4.79 Å². The van der Waals surface area contributed by atoms with Crippen LogP contribution in [0.5, 0.6) is 23.0 Å². The molecule has 0 aliphatic heterocycles. The van der Waals surface area contributed by atoms with Gasteiger partial charge in [-0.05, 0) is 47.5 Å². The third-order valence-corrected chi connectivity index (χ3v) is 5.30. The minimum absolute atomic E-state index is 0.196. The van der Waals surface area contributed by atoms with Crippen LogP contribution >= 0.6 is 0 Å². The Bertz CT molecular complexity index is 1360. The summed E-state index contributed by atoms with van der Waals surface area (Å²) in [5.41, 5.74) is 1.20. The van der Waals surface area contributed by atoms with E-state index in [9.17, 15) is 14.7 Å². The zero-order valence-corrected chi connectivity index (χ0v) is 18.7. The maximum Gasteiger partial charge on any atom is 0.341 e. The van der Waals surface area contributed by atoms with E-state index in [-0.39, 0.29) is 24.2 Å². The Morgan fingerprint density at radius 3 is 1.91 bits per heavy atom. The molecule has 0 saturated heterocycles. The van der Waals surface area contributed by atoms with Crippen LogP contribution in [0.2, 0.25) is 0 Å². The Morgan fingerprint density at radius 2 is 1.38 bits per heavy atom. The Morgan fingerprint density at radius 1 is 0.824 bits per heavy atom. The van der Waals surface area contributed by atoms with Gasteiger partial charge < -0.3 is 29.0 Å². The quantitative estimate of drug-likeness (QED) is 0.380. The van der Waals surface area contributed by atoms with Crippen molar-refractivity contribution in [3.63, 3.8) is 0 Å². The highest BCUT2D eigenvalue weighted by atomic mass is 16.5. The number of methoxy groups -OCH3 is 2. The first-order chi connectivity index (χ1) is 16.5. The number of nitrogens with one attached hydrogen (secondary N) is 1. The largest absolute Gasteiger partial charge is 0.497 e. The minimum atomic E-state index is -1.30. The first-order valence-corrected chi connectivity index (χ1v) is 10.4. The molecule has 0 unspecified atom stereocenters. The van der Waals surface area contributed by atoms with Crippen molar-refractivity contribution in [2.45, 2.75) is 13.2 Å². The van der Waals surface area contributed by atoms with Crippen molar-refractivity contribution in [3.8, 4) is 23.0 Å². The number of rotatable bonds is 9. The summed E-state index contributed by atoms with van der Waals surface area (Å²) in [6.07, 6.45) is 1.17. The minimum Gasteiger partial charge on any atom is -0.497 e. The number of H-pyrrole nitrogens is 1. The van der Waals surface area contributed by atoms with Crippen LogP contribution in [-0.2, 0) is 13.2 Å². The number of aromatic carboxylic acids is 1. The van der Waals surface area contributed by atoms with E-state index in [1.807, 2.05) is 48.5 Å². The zero-order valence-electron chi connectivity index (χ0n) is 18.7. The molecule has 0 radical (unpaired) electrons. The van der Waals surface area contributed by atoms with Gasteiger partial charge in [0.05, 0.1) is 25.1 Å². The lowest BCUT2D eigenvalue weighted by Crippen LogP contribution is -2.16. The molecule has 0 aliphatic rings. The second kappa shape index (κ2) is 9.99. The number of ether oxygens (including phenoxy) is 4. The number of aromatic amines is 1. The second-order valence-corrected chi connectivity index (χ2v) is 7.43. The molecular weight excluding hydrogens is 438 g/mol. The Hall–Kier alpha value is -4.46. The van der Waals surface area contributed by atoms with E-state index in [0.29, 0.717) is 17.0 Å². The molecule has 0 amide bonds. The van der Waals surface area contributed by atoms with Crippen LogP contribution in [0.4, 0.5) is 0 Å². The second-order valence-electron chi connectivity index (χ2n) is 7.43. The first-order valence-electron chi connectivity index (χ1n) is 10.4. The van der Waals surface area contributed by atoms with Gasteiger partial charge in [0.25, 0.3) is 0 Å². The Balaban J connectivity index is 1.68. The normalized spacial score (nSPS) is 10.6. The number of hydrogen-bond donors (Lipinski definition) is 2. The van der Waals surface area contributed by atoms with Gasteiger partial charge >= 0.3 is 5.97 Å². The number of aromatic nitrogens is 1. The van der Waals surface area contributed by atoms with Crippen LogP contribution in [0.1, 0.15) is 21.5 Å². The summed E-state index contributed by atoms with van der Waals surface area (Å²) in [5.74, 6) is 0.892. The van der Waals surface area contributed by atoms with Gasteiger partial charge in [-0.1, -0.05) is 24.3 Å². The lowest BCUT2D eigenvalue weighted by Gasteiger charge is -2.16. The molecular formula is C26H23NO7. The van der Waals surface area contributed by atoms with Gasteiger partial charge in [0.15, 0.2) is 11.5 Å². The fourth-order valence-electron chi connectivity index (χ4n) is 3.43. The van der Waals surface area contributed by atoms with Crippen molar-refractivity contribution < 1.29 is 28.8 Å². The molecule has 8 heteroatoms. The zero-order chi connectivity index (χ0) is 24.1. The van der Waals surface area contributed by atoms with Crippen molar-refractivity contribution in [3.05, 3.63) is 93.8 Å². The van der Waals surface area contributed by atoms with E-state index >= 15 is 0 Å². The molecule has 34 heavy (non-hydrogen) atoms. The van der Waals surface area contributed by atoms with Crippen LogP contribution in [0, 0.1) is 0 Å². The highest BCUT2D eigenvalue weighted by Gasteiger charge is 2.18. The van der Waals surface area contributed by atoms with E-state index in [0.717, 1.165) is 22.6 Å². The van der Waals surface area contributed by atoms with Crippen molar-refractivity contribution in [1.29, 1.82) is 0 Å². The summed E-state index contributed by atoms with van der Waals surface area (Å²) in [5, 5.41) is 9.49. The summed E-state index contributed by atoms with van der Waals surface area (Å²) < 4.78 is 22.5. The predicted molar refractivity (Wildman–Crippen MR) is 126 cm³/mol. The number of fused-ring (bicyclic) bond motifs is 1. The fraction of sp³-hybridized carbons (Fsp3) is 0.154. The standard InChI is InChI=1S/C26H23NO7/c1-31-18-7-3-16(4-8-18)14-33-22-12-11-20-23(27-13-21(24(20)28)26(29)30)25(22)34-15-17-5-9-19(32-2)10-6-17/h3-13H,14-15H2,1-2H3,(H,27,28)(H,29,30). The molecule has 0 atom stereocenters. The lowest BCUT2D eigenvalue weighted by atomic mass is 10.1. The molecule has 0 fully saturated rings. The summed E-state index contributed by atoms with van der Waals surface area (Å²) in [7, 11) is 3.19. The van der Waals surface area contributed by atoms with Crippen LogP contribution in [0.25, 0.3) is 10.9 Å². The Labute approximate surface area is 195 Å². The SMILES string of the molecule is COc1ccc(COc2ccc3c(=O)c(C(=O)O)c[nH]c3c2OCc2ccc(OC)cc2)cc1. The van der Waals surface area contributed by atoms with Gasteiger partial charge in [0.2, 0.25) is 5.43 Å². The van der Waals surface area contributed by atoms with Gasteiger partial charge in [-0.15, -0.1) is 0 Å². The summed E-state index contributed by atoms with van der Waals surface area (Å²) in [4.78, 5) is 27.0. The summed E-state index contributed by atoms with van der Waals surface area (Å²) in [6.45, 7) is 0.455. The summed E-state index contributed by atoms with van der Waals surface area (Å²) in [6, 6.07) is 18.0. The van der Waals surface area contributed by atoms with Crippen LogP contribution in [0.3, 0.4) is 0 Å². The molecule has 4 aromatic rings. The molecule has 4 rings (SSSR count). The van der Waals surface area contributed by atoms with Gasteiger partial charge in [0.1, 0.15) is 30.3 Å². The van der Waals surface area contributed by atoms with Crippen molar-refractivity contribution in [2.75, 3.05) is 14.2 Å². The number of carboxylic acid groups (broad SMARTS) is 1. The smallest absolute Gasteiger partial charge is 0.341 e. The van der Waals surface area contributed by atoms with Crippen LogP contribution < -0.4 is 24.4 Å².